The highest BCUT2D eigenvalue weighted by molar-refractivity contribution is 5.84. The summed E-state index contributed by atoms with van der Waals surface area (Å²) >= 11 is 0. The van der Waals surface area contributed by atoms with Crippen molar-refractivity contribution in [3.63, 3.8) is 0 Å². The Bertz CT molecular complexity index is 1020. The number of hydrogen-bond donors (Lipinski definition) is 2. The van der Waals surface area contributed by atoms with Crippen LogP contribution < -0.4 is 5.31 Å². The molecule has 1 aromatic carbocycles. The summed E-state index contributed by atoms with van der Waals surface area (Å²) in [6.07, 6.45) is -1.96. The molecule has 5 nitrogen and oxygen atoms in total. The van der Waals surface area contributed by atoms with Crippen LogP contribution in [-0.2, 0) is 17.6 Å². The molecule has 0 aliphatic carbocycles. The largest absolute Gasteiger partial charge is 0.447 e. The molecule has 112 valence electrons. The Hall–Kier alpha value is -2.01. The molecule has 2 aromatic rings. The first-order valence-corrected chi connectivity index (χ1v) is 6.43. The van der Waals surface area contributed by atoms with Gasteiger partial charge in [0.25, 0.3) is 0 Å². The Morgan fingerprint density at radius 3 is 3.38 bits per heavy atom. The van der Waals surface area contributed by atoms with Gasteiger partial charge in [0.15, 0.2) is 2.82 Å². The van der Waals surface area contributed by atoms with Crippen LogP contribution in [-0.4, -0.2) is 49.1 Å². The zero-order valence-electron chi connectivity index (χ0n) is 21.4. The Morgan fingerprint density at radius 2 is 2.62 bits per heavy atom. The number of alkyl carbamates (subject to hydrolysis) is 1. The predicted molar refractivity (Wildman–Crippen MR) is 82.5 cm³/mol. The lowest BCUT2D eigenvalue weighted by atomic mass is 10.0. The molecule has 2 N–H and O–H groups in total. The fraction of sp³-hybridized carbons (Fsp3) is 0.438. The first-order chi connectivity index (χ1) is 14.1. The maximum absolute atomic E-state index is 11.5. The first-order valence-electron chi connectivity index (χ1n) is 11.3. The van der Waals surface area contributed by atoms with Gasteiger partial charge in [0, 0.05) is 30.4 Å². The summed E-state index contributed by atoms with van der Waals surface area (Å²) in [5, 5.41) is 0.753. The van der Waals surface area contributed by atoms with Gasteiger partial charge in [-0.05, 0) is 50.1 Å². The molecule has 2 heterocycles. The molecular weight excluding hydrogens is 266 g/mol. The summed E-state index contributed by atoms with van der Waals surface area (Å²) in [5.41, 5.74) is 0.895. The monoisotopic (exact) mass is 297 g/mol. The Labute approximate surface area is 138 Å². The van der Waals surface area contributed by atoms with E-state index in [4.69, 9.17) is 13.8 Å². The van der Waals surface area contributed by atoms with Crippen molar-refractivity contribution in [2.75, 3.05) is 27.1 Å². The molecular formula is C16H21N3O2. The maximum Gasteiger partial charge on any atom is 0.407 e. The summed E-state index contributed by atoms with van der Waals surface area (Å²) < 4.78 is 82.9. The number of H-pyrrole nitrogens is 1. The van der Waals surface area contributed by atoms with Crippen LogP contribution in [0.25, 0.3) is 10.9 Å². The Kier molecular flexibility index (Phi) is 1.76. The van der Waals surface area contributed by atoms with Crippen LogP contribution >= 0.6 is 0 Å². The first kappa shape index (κ1) is 6.40. The molecule has 0 spiro atoms. The highest BCUT2D eigenvalue weighted by Gasteiger charge is 2.22. The summed E-state index contributed by atoms with van der Waals surface area (Å²) in [6, 6.07) is 3.38. The zero-order valence-corrected chi connectivity index (χ0v) is 11.4. The number of hydrogen-bond acceptors (Lipinski definition) is 3. The van der Waals surface area contributed by atoms with E-state index in [0.717, 1.165) is 12.0 Å². The lowest BCUT2D eigenvalue weighted by molar-refractivity contribution is 0.177. The van der Waals surface area contributed by atoms with Crippen molar-refractivity contribution >= 4 is 17.0 Å². The van der Waals surface area contributed by atoms with E-state index in [9.17, 15) is 4.79 Å². The standard InChI is InChI=1S/C16H21N3O2/c1-19(2)6-5-12-9-17-15-4-3-11(8-14(12)15)7-13-10-21-16(20)18-13/h3-4,8-9,13,17H,5-7,10H2,1-2H3,(H,18,20)/t13-/m0/s1/i1D3,6D2,9D,10D2/hD2. The van der Waals surface area contributed by atoms with Crippen molar-refractivity contribution in [3.05, 3.63) is 35.5 Å². The van der Waals surface area contributed by atoms with Crippen LogP contribution in [0, 0.1) is 0 Å². The molecule has 3 rings (SSSR count). The molecule has 1 aliphatic heterocycles. The van der Waals surface area contributed by atoms with Crippen molar-refractivity contribution in [1.29, 1.82) is 0 Å². The number of nitrogens with one attached hydrogen (secondary N) is 2. The van der Waals surface area contributed by atoms with Crippen LogP contribution in [0.15, 0.2) is 24.4 Å². The van der Waals surface area contributed by atoms with Crippen LogP contribution in [0.1, 0.15) is 22.1 Å². The van der Waals surface area contributed by atoms with Crippen molar-refractivity contribution in [2.24, 2.45) is 0 Å². The van der Waals surface area contributed by atoms with Gasteiger partial charge in [-0.15, -0.1) is 0 Å². The van der Waals surface area contributed by atoms with E-state index >= 15 is 0 Å². The van der Waals surface area contributed by atoms with Gasteiger partial charge >= 0.3 is 6.09 Å². The molecule has 1 aliphatic rings. The van der Waals surface area contributed by atoms with Gasteiger partial charge < -0.3 is 19.9 Å². The molecule has 1 amide bonds. The highest BCUT2D eigenvalue weighted by Crippen LogP contribution is 2.21. The van der Waals surface area contributed by atoms with Crippen molar-refractivity contribution in [1.82, 2.24) is 15.2 Å². The van der Waals surface area contributed by atoms with Crippen LogP contribution in [0.5, 0.6) is 0 Å². The predicted octanol–water partition coefficient (Wildman–Crippen LogP) is 1.92. The van der Waals surface area contributed by atoms with Gasteiger partial charge in [-0.25, -0.2) is 4.79 Å². The zero-order chi connectivity index (χ0) is 23.5. The number of rotatable bonds is 5. The topological polar surface area (TPSA) is 57.4 Å². The number of nitrogens with zero attached hydrogens (tertiary/aromatic N) is 1. The Balaban J connectivity index is 2.00. The number of fused-ring (bicyclic) bond motifs is 1. The van der Waals surface area contributed by atoms with E-state index in [-0.39, 0.29) is 18.2 Å². The summed E-state index contributed by atoms with van der Waals surface area (Å²) in [7, 11) is 1.12. The molecule has 0 saturated carbocycles. The fourth-order valence-corrected chi connectivity index (χ4v) is 2.18. The number of cyclic esters (lactones) is 1. The molecule has 0 unspecified atom stereocenters. The lowest BCUT2D eigenvalue weighted by Gasteiger charge is -2.09. The van der Waals surface area contributed by atoms with Crippen LogP contribution in [0.3, 0.4) is 0 Å². The summed E-state index contributed by atoms with van der Waals surface area (Å²) in [4.78, 5) is 12.9. The van der Waals surface area contributed by atoms with Crippen molar-refractivity contribution in [3.8, 4) is 0 Å². The summed E-state index contributed by atoms with van der Waals surface area (Å²) in [6.45, 7) is -7.42. The Morgan fingerprint density at radius 1 is 1.71 bits per heavy atom. The molecule has 0 bridgehead atoms. The van der Waals surface area contributed by atoms with Crippen LogP contribution in [0.2, 0.25) is 2.82 Å². The van der Waals surface area contributed by atoms with Crippen molar-refractivity contribution in [2.45, 2.75) is 18.9 Å². The average molecular weight is 297 g/mol. The number of aryl methyl sites for hydroxylation is 1. The molecule has 21 heavy (non-hydrogen) atoms. The van der Waals surface area contributed by atoms with Crippen molar-refractivity contribution < 1.29 is 23.3 Å². The minimum Gasteiger partial charge on any atom is -0.447 e. The molecule has 1 aromatic heterocycles. The number of carbonyl (C=O) groups excluding carboxylic acids is 1. The maximum atomic E-state index is 11.5. The van der Waals surface area contributed by atoms with Gasteiger partial charge in [0.05, 0.1) is 10.2 Å². The number of benzene rings is 1. The average Bonchev–Trinajstić information content (AvgIpc) is 2.98. The number of likely N-dealkylation sites (N-methyl/N-ethyl adjacent to an activating group) is 1. The van der Waals surface area contributed by atoms with Gasteiger partial charge in [0.1, 0.15) is 6.56 Å². The minimum atomic E-state index is -2.70. The number of amides is 1. The molecule has 0 radical (unpaired) electrons. The lowest BCUT2D eigenvalue weighted by Crippen LogP contribution is -2.28. The van der Waals surface area contributed by atoms with Gasteiger partial charge in [-0.1, -0.05) is 6.07 Å². The number of carbonyl (C=O) groups is 1. The second kappa shape index (κ2) is 5.77. The van der Waals surface area contributed by atoms with E-state index in [1.54, 1.807) is 6.07 Å². The SMILES string of the molecule is [2H]c1c(CC([2H])([2H])N(C)C([2H])([2H])[2H])c2cc(C[C@@H]3N([2H])C(=O)OC3([2H])[2H])ccc2n1[2H]. The normalized spacial score (nSPS) is 29.3. The van der Waals surface area contributed by atoms with Gasteiger partial charge in [0.2, 0.25) is 0 Å². The van der Waals surface area contributed by atoms with E-state index in [0.29, 0.717) is 26.7 Å². The number of aromatic amines is 1. The van der Waals surface area contributed by atoms with E-state index in [1.807, 2.05) is 0 Å². The summed E-state index contributed by atoms with van der Waals surface area (Å²) in [5.74, 6) is 0. The smallest absolute Gasteiger partial charge is 0.407 e. The molecule has 1 saturated heterocycles. The van der Waals surface area contributed by atoms with Gasteiger partial charge in [-0.3, -0.25) is 0 Å². The highest BCUT2D eigenvalue weighted by atomic mass is 16.6. The quantitative estimate of drug-likeness (QED) is 0.886. The van der Waals surface area contributed by atoms with Crippen LogP contribution in [0.4, 0.5) is 4.79 Å². The second-order valence-electron chi connectivity index (χ2n) is 4.78. The van der Waals surface area contributed by atoms with Gasteiger partial charge in [-0.2, -0.15) is 0 Å². The molecule has 5 heteroatoms. The minimum absolute atomic E-state index is 0.0871. The second-order valence-corrected chi connectivity index (χ2v) is 4.78. The molecule has 1 fully saturated rings. The molecule has 1 atom stereocenters. The number of aromatic nitrogens is 1. The van der Waals surface area contributed by atoms with E-state index in [2.05, 4.69) is 4.74 Å². The third-order valence-electron chi connectivity index (χ3n) is 3.16. The fourth-order valence-electron chi connectivity index (χ4n) is 2.18. The van der Waals surface area contributed by atoms with E-state index in [1.165, 1.54) is 12.1 Å². The van der Waals surface area contributed by atoms with E-state index < -0.39 is 38.6 Å². The third-order valence-corrected chi connectivity index (χ3v) is 3.16. The number of ether oxygens (including phenoxy) is 1. The third kappa shape index (κ3) is 3.19.